The summed E-state index contributed by atoms with van der Waals surface area (Å²) in [5.41, 5.74) is 0. The Labute approximate surface area is 112 Å². The fraction of sp³-hybridized carbons (Fsp3) is 0.600. The van der Waals surface area contributed by atoms with E-state index in [9.17, 15) is 13.2 Å². The first-order valence-electron chi connectivity index (χ1n) is 5.76. The highest BCUT2D eigenvalue weighted by Crippen LogP contribution is 2.02. The van der Waals surface area contributed by atoms with Crippen LogP contribution >= 0.6 is 0 Å². The van der Waals surface area contributed by atoms with Crippen LogP contribution in [0.2, 0.25) is 0 Å². The smallest absolute Gasteiger partial charge is 0.260 e. The van der Waals surface area contributed by atoms with Gasteiger partial charge in [0.2, 0.25) is 5.91 Å². The van der Waals surface area contributed by atoms with Gasteiger partial charge in [-0.15, -0.1) is 0 Å². The lowest BCUT2D eigenvalue weighted by molar-refractivity contribution is -0.120. The highest BCUT2D eigenvalue weighted by atomic mass is 32.2. The van der Waals surface area contributed by atoms with Gasteiger partial charge in [-0.3, -0.25) is 4.79 Å². The lowest BCUT2D eigenvalue weighted by Crippen LogP contribution is -2.42. The molecule has 1 aromatic rings. The van der Waals surface area contributed by atoms with Gasteiger partial charge >= 0.3 is 0 Å². The molecule has 0 fully saturated rings. The van der Waals surface area contributed by atoms with Crippen molar-refractivity contribution in [2.75, 3.05) is 20.1 Å². The zero-order valence-electron chi connectivity index (χ0n) is 11.2. The van der Waals surface area contributed by atoms with Crippen LogP contribution in [0, 0.1) is 0 Å². The fourth-order valence-corrected chi connectivity index (χ4v) is 2.15. The largest absolute Gasteiger partial charge is 0.353 e. The average molecular weight is 289 g/mol. The van der Waals surface area contributed by atoms with Crippen LogP contribution in [-0.4, -0.2) is 50.1 Å². The van der Waals surface area contributed by atoms with Crippen molar-refractivity contribution in [1.82, 2.24) is 24.9 Å². The summed E-state index contributed by atoms with van der Waals surface area (Å²) in [7, 11) is -0.294. The second-order valence-electron chi connectivity index (χ2n) is 4.20. The number of aryl methyl sites for hydroxylation is 1. The molecule has 3 N–H and O–H groups in total. The van der Waals surface area contributed by atoms with Crippen molar-refractivity contribution in [3.05, 3.63) is 12.5 Å². The van der Waals surface area contributed by atoms with Crippen LogP contribution in [0.15, 0.2) is 17.6 Å². The Morgan fingerprint density at radius 1 is 1.53 bits per heavy atom. The number of hydrogen-bond donors (Lipinski definition) is 3. The van der Waals surface area contributed by atoms with Gasteiger partial charge in [-0.2, -0.15) is 0 Å². The van der Waals surface area contributed by atoms with Gasteiger partial charge in [-0.1, -0.05) is 0 Å². The van der Waals surface area contributed by atoms with E-state index in [0.29, 0.717) is 6.54 Å². The van der Waals surface area contributed by atoms with E-state index in [1.807, 2.05) is 6.92 Å². The molecule has 1 amide bonds. The topological polar surface area (TPSA) is 105 Å². The minimum absolute atomic E-state index is 0.105. The molecule has 0 aliphatic carbocycles. The third-order valence-corrected chi connectivity index (χ3v) is 3.76. The van der Waals surface area contributed by atoms with E-state index < -0.39 is 10.0 Å². The number of likely N-dealkylation sites (N-methyl/N-ethyl adjacent to an activating group) is 1. The molecule has 8 nitrogen and oxygen atoms in total. The van der Waals surface area contributed by atoms with Crippen molar-refractivity contribution in [2.45, 2.75) is 18.0 Å². The van der Waals surface area contributed by atoms with E-state index in [-0.39, 0.29) is 23.5 Å². The van der Waals surface area contributed by atoms with E-state index in [0.717, 1.165) is 0 Å². The van der Waals surface area contributed by atoms with Crippen LogP contribution < -0.4 is 15.4 Å². The zero-order valence-corrected chi connectivity index (χ0v) is 12.0. The number of rotatable bonds is 7. The molecule has 1 aromatic heterocycles. The molecule has 0 spiro atoms. The van der Waals surface area contributed by atoms with Crippen LogP contribution in [0.4, 0.5) is 0 Å². The van der Waals surface area contributed by atoms with E-state index in [1.54, 1.807) is 14.1 Å². The Kier molecular flexibility index (Phi) is 5.45. The monoisotopic (exact) mass is 289 g/mol. The van der Waals surface area contributed by atoms with Crippen molar-refractivity contribution in [2.24, 2.45) is 7.05 Å². The molecular formula is C10H19N5O3S. The molecule has 0 aliphatic heterocycles. The highest BCUT2D eigenvalue weighted by molar-refractivity contribution is 7.89. The van der Waals surface area contributed by atoms with Crippen molar-refractivity contribution in [3.8, 4) is 0 Å². The normalized spacial score (nSPS) is 13.2. The summed E-state index contributed by atoms with van der Waals surface area (Å²) in [6.07, 6.45) is 2.74. The number of carbonyl (C=O) groups excluding carboxylic acids is 1. The summed E-state index contributed by atoms with van der Waals surface area (Å²) in [4.78, 5) is 15.2. The maximum atomic E-state index is 11.8. The standard InChI is InChI=1S/C10H19N5O3S/c1-8(11-2)4-12-9(16)5-14-19(17,18)10-6-15(3)7-13-10/h6-8,11,14H,4-5H2,1-3H3,(H,12,16). The summed E-state index contributed by atoms with van der Waals surface area (Å²) >= 11 is 0. The minimum atomic E-state index is -3.74. The molecule has 0 bridgehead atoms. The molecule has 0 aliphatic rings. The Morgan fingerprint density at radius 3 is 2.74 bits per heavy atom. The number of imidazole rings is 1. The van der Waals surface area contributed by atoms with Gasteiger partial charge in [0.15, 0.2) is 5.03 Å². The van der Waals surface area contributed by atoms with Crippen molar-refractivity contribution in [3.63, 3.8) is 0 Å². The maximum absolute atomic E-state index is 11.8. The molecule has 0 radical (unpaired) electrons. The molecule has 9 heteroatoms. The number of nitrogens with one attached hydrogen (secondary N) is 3. The third kappa shape index (κ3) is 4.97. The lowest BCUT2D eigenvalue weighted by Gasteiger charge is -2.11. The van der Waals surface area contributed by atoms with Gasteiger partial charge in [0, 0.05) is 25.8 Å². The average Bonchev–Trinajstić information content (AvgIpc) is 2.81. The molecule has 0 saturated carbocycles. The molecule has 1 unspecified atom stereocenters. The Bertz CT molecular complexity index is 525. The molecule has 1 atom stereocenters. The van der Waals surface area contributed by atoms with Gasteiger partial charge in [0.25, 0.3) is 10.0 Å². The summed E-state index contributed by atoms with van der Waals surface area (Å²) < 4.78 is 27.2. The molecule has 0 saturated heterocycles. The second kappa shape index (κ2) is 6.64. The molecular weight excluding hydrogens is 270 g/mol. The number of hydrogen-bond acceptors (Lipinski definition) is 5. The van der Waals surface area contributed by atoms with Crippen LogP contribution in [0.25, 0.3) is 0 Å². The quantitative estimate of drug-likeness (QED) is 0.562. The number of amides is 1. The van der Waals surface area contributed by atoms with Crippen molar-refractivity contribution in [1.29, 1.82) is 0 Å². The number of aromatic nitrogens is 2. The highest BCUT2D eigenvalue weighted by Gasteiger charge is 2.17. The van der Waals surface area contributed by atoms with E-state index in [2.05, 4.69) is 20.3 Å². The summed E-state index contributed by atoms with van der Waals surface area (Å²) in [5.74, 6) is -0.387. The van der Waals surface area contributed by atoms with Crippen LogP contribution in [-0.2, 0) is 21.9 Å². The van der Waals surface area contributed by atoms with E-state index in [4.69, 9.17) is 0 Å². The van der Waals surface area contributed by atoms with Gasteiger partial charge in [-0.25, -0.2) is 18.1 Å². The predicted molar refractivity (Wildman–Crippen MR) is 69.9 cm³/mol. The summed E-state index contributed by atoms with van der Waals surface area (Å²) in [6.45, 7) is 2.02. The molecule has 1 heterocycles. The minimum Gasteiger partial charge on any atom is -0.353 e. The van der Waals surface area contributed by atoms with E-state index in [1.165, 1.54) is 17.1 Å². The number of sulfonamides is 1. The number of nitrogens with zero attached hydrogens (tertiary/aromatic N) is 2. The zero-order chi connectivity index (χ0) is 14.5. The maximum Gasteiger partial charge on any atom is 0.260 e. The van der Waals surface area contributed by atoms with Crippen molar-refractivity contribution >= 4 is 15.9 Å². The van der Waals surface area contributed by atoms with E-state index >= 15 is 0 Å². The van der Waals surface area contributed by atoms with Gasteiger partial charge < -0.3 is 15.2 Å². The first-order chi connectivity index (χ1) is 8.85. The van der Waals surface area contributed by atoms with Crippen molar-refractivity contribution < 1.29 is 13.2 Å². The Hall–Kier alpha value is -1.45. The lowest BCUT2D eigenvalue weighted by atomic mass is 10.3. The molecule has 19 heavy (non-hydrogen) atoms. The fourth-order valence-electron chi connectivity index (χ4n) is 1.19. The number of carbonyl (C=O) groups is 1. The van der Waals surface area contributed by atoms with Crippen LogP contribution in [0.5, 0.6) is 0 Å². The second-order valence-corrected chi connectivity index (χ2v) is 5.91. The molecule has 1 rings (SSSR count). The Balaban J connectivity index is 2.45. The first-order valence-corrected chi connectivity index (χ1v) is 7.25. The molecule has 108 valence electrons. The third-order valence-electron chi connectivity index (χ3n) is 2.48. The Morgan fingerprint density at radius 2 is 2.21 bits per heavy atom. The SMILES string of the molecule is CNC(C)CNC(=O)CNS(=O)(=O)c1cn(C)cn1. The van der Waals surface area contributed by atoms with Crippen LogP contribution in [0.1, 0.15) is 6.92 Å². The van der Waals surface area contributed by atoms with Crippen LogP contribution in [0.3, 0.4) is 0 Å². The van der Waals surface area contributed by atoms with Gasteiger partial charge in [-0.05, 0) is 14.0 Å². The predicted octanol–water partition coefficient (Wildman–Crippen LogP) is -1.58. The molecule has 0 aromatic carbocycles. The first kappa shape index (κ1) is 15.6. The summed E-state index contributed by atoms with van der Waals surface area (Å²) in [6, 6.07) is 0.122. The van der Waals surface area contributed by atoms with Gasteiger partial charge in [0.1, 0.15) is 0 Å². The summed E-state index contributed by atoms with van der Waals surface area (Å²) in [5, 5.41) is 5.46. The van der Waals surface area contributed by atoms with Gasteiger partial charge in [0.05, 0.1) is 12.9 Å².